The summed E-state index contributed by atoms with van der Waals surface area (Å²) >= 11 is 0. The normalized spacial score (nSPS) is 12.0. The Bertz CT molecular complexity index is 344. The van der Waals surface area contributed by atoms with Crippen molar-refractivity contribution in [2.75, 3.05) is 6.54 Å². The summed E-state index contributed by atoms with van der Waals surface area (Å²) in [6.45, 7) is 7.18. The first kappa shape index (κ1) is 24.9. The molecule has 1 amide bonds. The molecule has 154 valence electrons. The summed E-state index contributed by atoms with van der Waals surface area (Å²) in [5, 5.41) is 2.94. The molecule has 0 saturated carbocycles. The van der Waals surface area contributed by atoms with Crippen LogP contribution >= 0.6 is 0 Å². The van der Waals surface area contributed by atoms with Crippen LogP contribution in [-0.4, -0.2) is 24.5 Å². The van der Waals surface area contributed by atoms with Crippen molar-refractivity contribution in [2.24, 2.45) is 0 Å². The maximum atomic E-state index is 12.4. The lowest BCUT2D eigenvalue weighted by Crippen LogP contribution is -2.38. The maximum Gasteiger partial charge on any atom is 0.306 e. The molecular weight excluding hydrogens is 326 g/mol. The van der Waals surface area contributed by atoms with Crippen molar-refractivity contribution >= 4 is 11.9 Å². The Morgan fingerprint density at radius 2 is 1.27 bits per heavy atom. The molecule has 4 heteroatoms. The predicted octanol–water partition coefficient (Wildman–Crippen LogP) is 5.93. The first-order valence-corrected chi connectivity index (χ1v) is 11.1. The molecule has 1 N–H and O–H groups in total. The van der Waals surface area contributed by atoms with Crippen LogP contribution in [0.25, 0.3) is 0 Å². The molecule has 0 spiro atoms. The molecule has 0 aliphatic carbocycles. The van der Waals surface area contributed by atoms with Crippen LogP contribution in [0, 0.1) is 0 Å². The molecule has 0 aromatic rings. The van der Waals surface area contributed by atoms with Crippen LogP contribution in [0.2, 0.25) is 0 Å². The van der Waals surface area contributed by atoms with Gasteiger partial charge in [0.15, 0.2) is 6.10 Å². The average Bonchev–Trinajstić information content (AvgIpc) is 2.63. The van der Waals surface area contributed by atoms with Gasteiger partial charge in [-0.25, -0.2) is 0 Å². The maximum absolute atomic E-state index is 12.4. The van der Waals surface area contributed by atoms with Crippen LogP contribution < -0.4 is 5.32 Å². The summed E-state index contributed by atoms with van der Waals surface area (Å²) in [6, 6.07) is 0. The minimum atomic E-state index is -0.610. The summed E-state index contributed by atoms with van der Waals surface area (Å²) in [5.74, 6) is -0.334. The number of carbonyl (C=O) groups excluding carboxylic acids is 2. The summed E-state index contributed by atoms with van der Waals surface area (Å²) in [6.07, 6.45) is 14.9. The first-order chi connectivity index (χ1) is 12.7. The fourth-order valence-electron chi connectivity index (χ4n) is 2.97. The van der Waals surface area contributed by atoms with Gasteiger partial charge in [0.05, 0.1) is 0 Å². The third-order valence-corrected chi connectivity index (χ3v) is 4.70. The van der Waals surface area contributed by atoms with Gasteiger partial charge in [-0.2, -0.15) is 0 Å². The van der Waals surface area contributed by atoms with Crippen molar-refractivity contribution in [2.45, 2.75) is 123 Å². The highest BCUT2D eigenvalue weighted by atomic mass is 16.5. The number of amides is 1. The molecule has 0 radical (unpaired) electrons. The van der Waals surface area contributed by atoms with Gasteiger partial charge >= 0.3 is 5.97 Å². The van der Waals surface area contributed by atoms with E-state index in [9.17, 15) is 9.59 Å². The van der Waals surface area contributed by atoms with E-state index in [1.807, 2.05) is 0 Å². The lowest BCUT2D eigenvalue weighted by molar-refractivity contribution is -0.156. The Morgan fingerprint density at radius 1 is 0.731 bits per heavy atom. The number of ether oxygens (including phenoxy) is 1. The second-order valence-corrected chi connectivity index (χ2v) is 7.34. The van der Waals surface area contributed by atoms with Crippen molar-refractivity contribution < 1.29 is 14.3 Å². The third-order valence-electron chi connectivity index (χ3n) is 4.70. The zero-order valence-corrected chi connectivity index (χ0v) is 17.6. The minimum absolute atomic E-state index is 0.115. The summed E-state index contributed by atoms with van der Waals surface area (Å²) in [7, 11) is 0. The standard InChI is InChI=1S/C22H43NO3/c1-4-7-10-12-14-17-20(22(25)23-19-16-9-6-3)26-21(24)18-15-13-11-8-5-2/h20H,4-19H2,1-3H3,(H,23,25). The van der Waals surface area contributed by atoms with E-state index in [2.05, 4.69) is 26.1 Å². The lowest BCUT2D eigenvalue weighted by atomic mass is 10.1. The van der Waals surface area contributed by atoms with Crippen molar-refractivity contribution in [3.05, 3.63) is 0 Å². The zero-order chi connectivity index (χ0) is 19.5. The highest BCUT2D eigenvalue weighted by molar-refractivity contribution is 5.83. The van der Waals surface area contributed by atoms with Gasteiger partial charge in [0.2, 0.25) is 0 Å². The largest absolute Gasteiger partial charge is 0.452 e. The van der Waals surface area contributed by atoms with Crippen LogP contribution in [0.5, 0.6) is 0 Å². The van der Waals surface area contributed by atoms with E-state index in [1.54, 1.807) is 0 Å². The molecule has 0 aromatic carbocycles. The Labute approximate surface area is 161 Å². The van der Waals surface area contributed by atoms with Gasteiger partial charge in [-0.3, -0.25) is 9.59 Å². The molecule has 0 saturated heterocycles. The lowest BCUT2D eigenvalue weighted by Gasteiger charge is -2.18. The third kappa shape index (κ3) is 15.2. The average molecular weight is 370 g/mol. The van der Waals surface area contributed by atoms with Crippen LogP contribution in [0.3, 0.4) is 0 Å². The van der Waals surface area contributed by atoms with Gasteiger partial charge in [-0.15, -0.1) is 0 Å². The highest BCUT2D eigenvalue weighted by Gasteiger charge is 2.22. The number of carbonyl (C=O) groups is 2. The molecule has 4 nitrogen and oxygen atoms in total. The number of unbranched alkanes of at least 4 members (excludes halogenated alkanes) is 10. The van der Waals surface area contributed by atoms with Gasteiger partial charge in [0.1, 0.15) is 0 Å². The Hall–Kier alpha value is -1.06. The fourth-order valence-corrected chi connectivity index (χ4v) is 2.97. The quantitative estimate of drug-likeness (QED) is 0.241. The Balaban J connectivity index is 4.23. The molecule has 0 aliphatic rings. The highest BCUT2D eigenvalue weighted by Crippen LogP contribution is 2.12. The van der Waals surface area contributed by atoms with Crippen molar-refractivity contribution in [3.8, 4) is 0 Å². The number of esters is 1. The van der Waals surface area contributed by atoms with Crippen molar-refractivity contribution in [1.82, 2.24) is 5.32 Å². The molecule has 0 rings (SSSR count). The Kier molecular flexibility index (Phi) is 18.0. The summed E-state index contributed by atoms with van der Waals surface area (Å²) in [5.41, 5.74) is 0. The molecular formula is C22H43NO3. The first-order valence-electron chi connectivity index (χ1n) is 11.1. The fraction of sp³-hybridized carbons (Fsp3) is 0.909. The predicted molar refractivity (Wildman–Crippen MR) is 109 cm³/mol. The minimum Gasteiger partial charge on any atom is -0.452 e. The van der Waals surface area contributed by atoms with Crippen LogP contribution in [0.4, 0.5) is 0 Å². The van der Waals surface area contributed by atoms with Gasteiger partial charge in [0, 0.05) is 13.0 Å². The Morgan fingerprint density at radius 3 is 1.88 bits per heavy atom. The molecule has 0 bridgehead atoms. The molecule has 0 aliphatic heterocycles. The van der Waals surface area contributed by atoms with E-state index in [-0.39, 0.29) is 11.9 Å². The molecule has 1 unspecified atom stereocenters. The van der Waals surface area contributed by atoms with Crippen LogP contribution in [0.15, 0.2) is 0 Å². The van der Waals surface area contributed by atoms with E-state index in [4.69, 9.17) is 4.74 Å². The SMILES string of the molecule is CCCCCCCC(=O)OC(CCCCCCC)C(=O)NCCCCC. The topological polar surface area (TPSA) is 55.4 Å². The van der Waals surface area contributed by atoms with Crippen LogP contribution in [-0.2, 0) is 14.3 Å². The van der Waals surface area contributed by atoms with Gasteiger partial charge < -0.3 is 10.1 Å². The van der Waals surface area contributed by atoms with E-state index in [0.29, 0.717) is 19.4 Å². The number of hydrogen-bond donors (Lipinski definition) is 1. The van der Waals surface area contributed by atoms with Crippen molar-refractivity contribution in [3.63, 3.8) is 0 Å². The zero-order valence-electron chi connectivity index (χ0n) is 17.6. The van der Waals surface area contributed by atoms with E-state index in [1.165, 1.54) is 38.5 Å². The van der Waals surface area contributed by atoms with E-state index < -0.39 is 6.10 Å². The van der Waals surface area contributed by atoms with E-state index in [0.717, 1.165) is 44.9 Å². The van der Waals surface area contributed by atoms with Crippen molar-refractivity contribution in [1.29, 1.82) is 0 Å². The second kappa shape index (κ2) is 18.7. The van der Waals surface area contributed by atoms with E-state index >= 15 is 0 Å². The number of rotatable bonds is 18. The van der Waals surface area contributed by atoms with Gasteiger partial charge in [0.25, 0.3) is 5.91 Å². The summed E-state index contributed by atoms with van der Waals surface area (Å²) in [4.78, 5) is 24.5. The number of nitrogens with one attached hydrogen (secondary N) is 1. The molecule has 0 aromatic heterocycles. The second-order valence-electron chi connectivity index (χ2n) is 7.34. The van der Waals surface area contributed by atoms with Crippen LogP contribution in [0.1, 0.15) is 117 Å². The molecule has 1 atom stereocenters. The van der Waals surface area contributed by atoms with Gasteiger partial charge in [-0.05, 0) is 25.7 Å². The number of hydrogen-bond acceptors (Lipinski definition) is 3. The van der Waals surface area contributed by atoms with Gasteiger partial charge in [-0.1, -0.05) is 85.0 Å². The smallest absolute Gasteiger partial charge is 0.306 e. The summed E-state index contributed by atoms with van der Waals surface area (Å²) < 4.78 is 5.53. The molecule has 26 heavy (non-hydrogen) atoms. The molecule has 0 fully saturated rings. The monoisotopic (exact) mass is 369 g/mol. The molecule has 0 heterocycles.